The van der Waals surface area contributed by atoms with Gasteiger partial charge in [0.2, 0.25) is 0 Å². The van der Waals surface area contributed by atoms with Gasteiger partial charge in [0.1, 0.15) is 24.2 Å². The van der Waals surface area contributed by atoms with Crippen molar-refractivity contribution in [3.8, 4) is 11.8 Å². The van der Waals surface area contributed by atoms with E-state index in [9.17, 15) is 5.26 Å². The number of aromatic nitrogens is 2. The smallest absolute Gasteiger partial charge is 0.146 e. The molecule has 10 heteroatoms. The van der Waals surface area contributed by atoms with Gasteiger partial charge in [0.25, 0.3) is 0 Å². The number of hydrogen-bond donors (Lipinski definition) is 3. The molecule has 2 aromatic heterocycles. The Bertz CT molecular complexity index is 1260. The Kier molecular flexibility index (Phi) is 6.13. The lowest BCUT2D eigenvalue weighted by Crippen LogP contribution is -2.66. The fraction of sp³-hybridized carbons (Fsp3) is 0.217. The molecule has 1 aromatic carbocycles. The summed E-state index contributed by atoms with van der Waals surface area (Å²) in [6.07, 6.45) is 4.55. The summed E-state index contributed by atoms with van der Waals surface area (Å²) in [5.41, 5.74) is 14.4. The van der Waals surface area contributed by atoms with E-state index in [4.69, 9.17) is 44.8 Å². The van der Waals surface area contributed by atoms with E-state index in [0.29, 0.717) is 62.6 Å². The number of nitrogens with two attached hydrogens (primary N) is 2. The van der Waals surface area contributed by atoms with E-state index in [1.165, 1.54) is 12.4 Å². The summed E-state index contributed by atoms with van der Waals surface area (Å²) >= 11 is 12.3. The molecule has 0 saturated carbocycles. The molecule has 3 aromatic rings. The Hall–Kier alpha value is -3.38. The van der Waals surface area contributed by atoms with Gasteiger partial charge in [-0.1, -0.05) is 23.2 Å². The number of nitrogen functional groups attached to an aromatic ring is 1. The van der Waals surface area contributed by atoms with Gasteiger partial charge in [0, 0.05) is 59.6 Å². The summed E-state index contributed by atoms with van der Waals surface area (Å²) in [5.74, 6) is 1.05. The average Bonchev–Trinajstić information content (AvgIpc) is 2.77. The summed E-state index contributed by atoms with van der Waals surface area (Å²) in [5, 5.41) is 19.1. The summed E-state index contributed by atoms with van der Waals surface area (Å²) < 4.78 is 5.84. The number of nitrogens with one attached hydrogen (secondary N) is 1. The number of nitrogens with zero attached hydrogens (tertiary/aromatic N) is 4. The monoisotopic (exact) mass is 481 g/mol. The molecule has 8 nitrogen and oxygen atoms in total. The molecule has 1 fully saturated rings. The second-order valence-electron chi connectivity index (χ2n) is 8.21. The first-order valence-electron chi connectivity index (χ1n) is 10.0. The van der Waals surface area contributed by atoms with Crippen LogP contribution >= 0.6 is 23.2 Å². The molecule has 0 spiro atoms. The number of benzene rings is 1. The van der Waals surface area contributed by atoms with Gasteiger partial charge in [-0.15, -0.1) is 0 Å². The van der Waals surface area contributed by atoms with Crippen molar-refractivity contribution < 1.29 is 4.74 Å². The lowest BCUT2D eigenvalue weighted by molar-refractivity contribution is 0.306. The maximum absolute atomic E-state index is 9.63. The molecule has 0 amide bonds. The lowest BCUT2D eigenvalue weighted by Gasteiger charge is -2.46. The van der Waals surface area contributed by atoms with Crippen molar-refractivity contribution in [2.45, 2.75) is 19.1 Å². The molecule has 0 radical (unpaired) electrons. The van der Waals surface area contributed by atoms with Crippen LogP contribution in [0.2, 0.25) is 10.0 Å². The van der Waals surface area contributed by atoms with Crippen LogP contribution in [-0.2, 0) is 6.61 Å². The van der Waals surface area contributed by atoms with Crippen LogP contribution in [-0.4, -0.2) is 34.3 Å². The van der Waals surface area contributed by atoms with Gasteiger partial charge in [0.15, 0.2) is 0 Å². The van der Waals surface area contributed by atoms with E-state index in [0.717, 1.165) is 0 Å². The minimum atomic E-state index is -0.292. The molecule has 0 unspecified atom stereocenters. The number of pyridine rings is 2. The molecular formula is C23H21Cl2N7O. The molecule has 5 N–H and O–H groups in total. The molecule has 168 valence electrons. The number of ether oxygens (including phenoxy) is 1. The van der Waals surface area contributed by atoms with Gasteiger partial charge in [-0.25, -0.2) is 4.98 Å². The van der Waals surface area contributed by atoms with E-state index in [-0.39, 0.29) is 17.9 Å². The van der Waals surface area contributed by atoms with E-state index >= 15 is 0 Å². The molecule has 4 rings (SSSR count). The van der Waals surface area contributed by atoms with Crippen LogP contribution in [0.5, 0.6) is 5.75 Å². The van der Waals surface area contributed by atoms with Gasteiger partial charge in [-0.3, -0.25) is 10.4 Å². The minimum absolute atomic E-state index is 0.126. The highest BCUT2D eigenvalue weighted by Crippen LogP contribution is 2.30. The zero-order valence-corrected chi connectivity index (χ0v) is 19.3. The van der Waals surface area contributed by atoms with E-state index in [1.807, 2.05) is 11.8 Å². The Morgan fingerprint density at radius 2 is 1.94 bits per heavy atom. The number of halogens is 2. The second kappa shape index (κ2) is 8.87. The Labute approximate surface area is 201 Å². The van der Waals surface area contributed by atoms with Crippen LogP contribution in [0.4, 0.5) is 11.5 Å². The van der Waals surface area contributed by atoms with Crippen LogP contribution in [0.15, 0.2) is 42.9 Å². The third-order valence-electron chi connectivity index (χ3n) is 5.31. The van der Waals surface area contributed by atoms with Crippen molar-refractivity contribution in [2.75, 3.05) is 23.7 Å². The number of hydrogen-bond acceptors (Lipinski definition) is 8. The number of anilines is 2. The Morgan fingerprint density at radius 3 is 2.58 bits per heavy atom. The van der Waals surface area contributed by atoms with Gasteiger partial charge < -0.3 is 21.1 Å². The van der Waals surface area contributed by atoms with Crippen LogP contribution < -0.4 is 21.1 Å². The number of rotatable bonds is 6. The van der Waals surface area contributed by atoms with Crippen LogP contribution in [0.3, 0.4) is 0 Å². The maximum Gasteiger partial charge on any atom is 0.146 e. The van der Waals surface area contributed by atoms with E-state index in [2.05, 4.69) is 16.0 Å². The summed E-state index contributed by atoms with van der Waals surface area (Å²) in [4.78, 5) is 10.3. The zero-order chi connectivity index (χ0) is 23.8. The van der Waals surface area contributed by atoms with Gasteiger partial charge in [-0.2, -0.15) is 5.26 Å². The second-order valence-corrected chi connectivity index (χ2v) is 9.03. The lowest BCUT2D eigenvalue weighted by atomic mass is 9.93. The van der Waals surface area contributed by atoms with Gasteiger partial charge >= 0.3 is 0 Å². The van der Waals surface area contributed by atoms with Crippen LogP contribution in [0.1, 0.15) is 29.2 Å². The first kappa shape index (κ1) is 22.8. The number of nitriles is 1. The maximum atomic E-state index is 9.63. The molecule has 1 saturated heterocycles. The standard InChI is InChI=1S/C23H21Cl2N7O/c1-23(29)11-32(12-23)22-13(6-26)4-14(7-31-22)21(28)16-5-15(2-3-20(16)27)33-10-17-18(24)8-30-9-19(17)25/h2-5,7-9,28H,10-12,27,29H2,1H3. The van der Waals surface area contributed by atoms with Crippen molar-refractivity contribution in [3.63, 3.8) is 0 Å². The fourth-order valence-electron chi connectivity index (χ4n) is 3.63. The minimum Gasteiger partial charge on any atom is -0.489 e. The van der Waals surface area contributed by atoms with Crippen molar-refractivity contribution in [3.05, 3.63) is 75.2 Å². The Morgan fingerprint density at radius 1 is 1.24 bits per heavy atom. The molecular weight excluding hydrogens is 461 g/mol. The zero-order valence-electron chi connectivity index (χ0n) is 17.8. The highest BCUT2D eigenvalue weighted by Gasteiger charge is 2.36. The van der Waals surface area contributed by atoms with Gasteiger partial charge in [-0.05, 0) is 31.2 Å². The van der Waals surface area contributed by atoms with Crippen molar-refractivity contribution in [1.82, 2.24) is 9.97 Å². The highest BCUT2D eigenvalue weighted by atomic mass is 35.5. The third kappa shape index (κ3) is 4.71. The first-order valence-corrected chi connectivity index (χ1v) is 10.8. The first-order chi connectivity index (χ1) is 15.7. The predicted octanol–water partition coefficient (Wildman–Crippen LogP) is 3.77. The molecule has 0 aliphatic carbocycles. The largest absolute Gasteiger partial charge is 0.489 e. The summed E-state index contributed by atoms with van der Waals surface area (Å²) in [6.45, 7) is 3.31. The molecule has 1 aliphatic heterocycles. The normalized spacial score (nSPS) is 14.3. The third-order valence-corrected chi connectivity index (χ3v) is 5.96. The molecule has 0 atom stereocenters. The van der Waals surface area contributed by atoms with Crippen molar-refractivity contribution in [1.29, 1.82) is 10.7 Å². The average molecular weight is 482 g/mol. The van der Waals surface area contributed by atoms with Crippen LogP contribution in [0, 0.1) is 16.7 Å². The molecule has 3 heterocycles. The molecule has 1 aliphatic rings. The fourth-order valence-corrected chi connectivity index (χ4v) is 4.11. The summed E-state index contributed by atoms with van der Waals surface area (Å²) in [6, 6.07) is 8.82. The highest BCUT2D eigenvalue weighted by molar-refractivity contribution is 6.35. The summed E-state index contributed by atoms with van der Waals surface area (Å²) in [7, 11) is 0. The molecule has 33 heavy (non-hydrogen) atoms. The van der Waals surface area contributed by atoms with Crippen molar-refractivity contribution >= 4 is 40.4 Å². The molecule has 0 bridgehead atoms. The topological polar surface area (TPSA) is 138 Å². The van der Waals surface area contributed by atoms with Crippen molar-refractivity contribution in [2.24, 2.45) is 5.73 Å². The SMILES string of the molecule is CC1(N)CN(c2ncc(C(=N)c3cc(OCc4c(Cl)cncc4Cl)ccc3N)cc2C#N)C1. The predicted molar refractivity (Wildman–Crippen MR) is 129 cm³/mol. The van der Waals surface area contributed by atoms with Gasteiger partial charge in [0.05, 0.1) is 21.3 Å². The quantitative estimate of drug-likeness (QED) is 0.359. The van der Waals surface area contributed by atoms with E-state index in [1.54, 1.807) is 30.5 Å². The van der Waals surface area contributed by atoms with E-state index < -0.39 is 0 Å². The van der Waals surface area contributed by atoms with Crippen LogP contribution in [0.25, 0.3) is 0 Å². The Balaban J connectivity index is 1.56.